The van der Waals surface area contributed by atoms with Crippen molar-refractivity contribution in [1.82, 2.24) is 0 Å². The van der Waals surface area contributed by atoms with Crippen molar-refractivity contribution in [3.05, 3.63) is 64.1 Å². The molecule has 2 rings (SSSR count). The Labute approximate surface area is 135 Å². The minimum Gasteiger partial charge on any atom is -0.388 e. The van der Waals surface area contributed by atoms with Crippen LogP contribution in [-0.4, -0.2) is 18.2 Å². The van der Waals surface area contributed by atoms with Crippen LogP contribution in [0.4, 0.5) is 5.69 Å². The smallest absolute Gasteiger partial charge is 0.0806 e. The van der Waals surface area contributed by atoms with Crippen LogP contribution in [-0.2, 0) is 0 Å². The highest BCUT2D eigenvalue weighted by atomic mass is 79.9. The number of rotatable bonds is 6. The summed E-state index contributed by atoms with van der Waals surface area (Å²) in [7, 11) is 0. The molecule has 0 spiro atoms. The van der Waals surface area contributed by atoms with Crippen LogP contribution < -0.4 is 4.90 Å². The molecule has 1 N–H and O–H groups in total. The molecule has 2 aromatic carbocycles. The highest BCUT2D eigenvalue weighted by Crippen LogP contribution is 2.23. The largest absolute Gasteiger partial charge is 0.388 e. The molecular weight excluding hydrogens is 326 g/mol. The topological polar surface area (TPSA) is 23.5 Å². The zero-order chi connectivity index (χ0) is 15.2. The first-order chi connectivity index (χ1) is 10.1. The molecule has 0 heterocycles. The lowest BCUT2D eigenvalue weighted by Crippen LogP contribution is -2.26. The summed E-state index contributed by atoms with van der Waals surface area (Å²) in [5.74, 6) is 0. The number of anilines is 1. The highest BCUT2D eigenvalue weighted by molar-refractivity contribution is 9.10. The summed E-state index contributed by atoms with van der Waals surface area (Å²) in [5.41, 5.74) is 3.50. The second kappa shape index (κ2) is 7.62. The molecule has 0 saturated heterocycles. The maximum absolute atomic E-state index is 10.3. The first kappa shape index (κ1) is 16.1. The average molecular weight is 348 g/mol. The number of halogens is 1. The lowest BCUT2D eigenvalue weighted by atomic mass is 10.1. The fourth-order valence-electron chi connectivity index (χ4n) is 2.50. The normalized spacial score (nSPS) is 12.2. The standard InChI is InChI=1S/C18H22BrNO/c1-3-20(17-7-5-4-6-14(17)2)13-12-18(21)15-8-10-16(19)11-9-15/h4-11,18,21H,3,12-13H2,1-2H3. The van der Waals surface area contributed by atoms with Crippen LogP contribution in [0.1, 0.15) is 30.6 Å². The second-order valence-corrected chi connectivity index (χ2v) is 6.14. The average Bonchev–Trinajstić information content (AvgIpc) is 2.50. The van der Waals surface area contributed by atoms with Gasteiger partial charge in [-0.1, -0.05) is 46.3 Å². The summed E-state index contributed by atoms with van der Waals surface area (Å²) in [6, 6.07) is 16.3. The number of aliphatic hydroxyl groups is 1. The molecule has 3 heteroatoms. The van der Waals surface area contributed by atoms with E-state index in [-0.39, 0.29) is 0 Å². The Morgan fingerprint density at radius 1 is 1.10 bits per heavy atom. The molecule has 0 aliphatic rings. The van der Waals surface area contributed by atoms with Crippen molar-refractivity contribution >= 4 is 21.6 Å². The number of benzene rings is 2. The van der Waals surface area contributed by atoms with E-state index in [0.717, 1.165) is 29.5 Å². The molecule has 0 radical (unpaired) electrons. The van der Waals surface area contributed by atoms with Crippen molar-refractivity contribution in [3.8, 4) is 0 Å². The quantitative estimate of drug-likeness (QED) is 0.817. The van der Waals surface area contributed by atoms with E-state index >= 15 is 0 Å². The monoisotopic (exact) mass is 347 g/mol. The summed E-state index contributed by atoms with van der Waals surface area (Å²) in [5, 5.41) is 10.3. The van der Waals surface area contributed by atoms with Gasteiger partial charge in [0.05, 0.1) is 6.10 Å². The van der Waals surface area contributed by atoms with Gasteiger partial charge in [-0.25, -0.2) is 0 Å². The summed E-state index contributed by atoms with van der Waals surface area (Å²) in [6.45, 7) is 6.07. The maximum Gasteiger partial charge on any atom is 0.0806 e. The van der Waals surface area contributed by atoms with Crippen LogP contribution in [0.5, 0.6) is 0 Å². The van der Waals surface area contributed by atoms with Gasteiger partial charge in [0.2, 0.25) is 0 Å². The molecule has 2 aromatic rings. The number of aryl methyl sites for hydroxylation is 1. The second-order valence-electron chi connectivity index (χ2n) is 5.22. The zero-order valence-corrected chi connectivity index (χ0v) is 14.2. The SMILES string of the molecule is CCN(CCC(O)c1ccc(Br)cc1)c1ccccc1C. The molecule has 1 atom stereocenters. The molecule has 0 aliphatic carbocycles. The minimum absolute atomic E-state index is 0.420. The van der Waals surface area contributed by atoms with Crippen molar-refractivity contribution < 1.29 is 5.11 Å². The Hall–Kier alpha value is -1.32. The van der Waals surface area contributed by atoms with E-state index < -0.39 is 6.10 Å². The van der Waals surface area contributed by atoms with Gasteiger partial charge >= 0.3 is 0 Å². The molecule has 2 nitrogen and oxygen atoms in total. The molecular formula is C18H22BrNO. The number of hydrogen-bond donors (Lipinski definition) is 1. The third kappa shape index (κ3) is 4.32. The number of aliphatic hydroxyl groups excluding tert-OH is 1. The first-order valence-electron chi connectivity index (χ1n) is 7.36. The van der Waals surface area contributed by atoms with Crippen molar-refractivity contribution in [3.63, 3.8) is 0 Å². The first-order valence-corrected chi connectivity index (χ1v) is 8.15. The van der Waals surface area contributed by atoms with E-state index in [4.69, 9.17) is 0 Å². The van der Waals surface area contributed by atoms with Crippen molar-refractivity contribution in [2.24, 2.45) is 0 Å². The van der Waals surface area contributed by atoms with Crippen molar-refractivity contribution in [2.45, 2.75) is 26.4 Å². The van der Waals surface area contributed by atoms with E-state index in [1.165, 1.54) is 11.3 Å². The third-order valence-electron chi connectivity index (χ3n) is 3.77. The van der Waals surface area contributed by atoms with Crippen LogP contribution in [0, 0.1) is 6.92 Å². The van der Waals surface area contributed by atoms with E-state index in [2.05, 4.69) is 58.9 Å². The molecule has 0 aliphatic heterocycles. The van der Waals surface area contributed by atoms with Crippen molar-refractivity contribution in [2.75, 3.05) is 18.0 Å². The van der Waals surface area contributed by atoms with Crippen molar-refractivity contribution in [1.29, 1.82) is 0 Å². The van der Waals surface area contributed by atoms with E-state index in [0.29, 0.717) is 0 Å². The summed E-state index contributed by atoms with van der Waals surface area (Å²) in [6.07, 6.45) is 0.306. The van der Waals surface area contributed by atoms with Crippen LogP contribution in [0.15, 0.2) is 53.0 Å². The van der Waals surface area contributed by atoms with Gasteiger partial charge in [-0.3, -0.25) is 0 Å². The summed E-state index contributed by atoms with van der Waals surface area (Å²) < 4.78 is 1.04. The predicted molar refractivity (Wildman–Crippen MR) is 92.8 cm³/mol. The molecule has 0 saturated carbocycles. The fourth-order valence-corrected chi connectivity index (χ4v) is 2.76. The lowest BCUT2D eigenvalue weighted by Gasteiger charge is -2.26. The van der Waals surface area contributed by atoms with Crippen LogP contribution >= 0.6 is 15.9 Å². The minimum atomic E-state index is -0.420. The Kier molecular flexibility index (Phi) is 5.83. The molecule has 21 heavy (non-hydrogen) atoms. The Balaban J connectivity index is 2.00. The predicted octanol–water partition coefficient (Wildman–Crippen LogP) is 4.71. The Morgan fingerprint density at radius 3 is 2.38 bits per heavy atom. The Morgan fingerprint density at radius 2 is 1.76 bits per heavy atom. The van der Waals surface area contributed by atoms with Gasteiger partial charge in [-0.15, -0.1) is 0 Å². The fraction of sp³-hybridized carbons (Fsp3) is 0.333. The van der Waals surface area contributed by atoms with Gasteiger partial charge in [0.1, 0.15) is 0 Å². The molecule has 1 unspecified atom stereocenters. The molecule has 0 amide bonds. The van der Waals surface area contributed by atoms with E-state index in [9.17, 15) is 5.11 Å². The number of hydrogen-bond acceptors (Lipinski definition) is 2. The van der Waals surface area contributed by atoms with Gasteiger partial charge < -0.3 is 10.0 Å². The van der Waals surface area contributed by atoms with Gasteiger partial charge in [-0.2, -0.15) is 0 Å². The van der Waals surface area contributed by atoms with Gasteiger partial charge in [-0.05, 0) is 49.6 Å². The van der Waals surface area contributed by atoms with Gasteiger partial charge in [0.25, 0.3) is 0 Å². The molecule has 0 fully saturated rings. The van der Waals surface area contributed by atoms with Crippen LogP contribution in [0.2, 0.25) is 0 Å². The van der Waals surface area contributed by atoms with Crippen LogP contribution in [0.3, 0.4) is 0 Å². The summed E-state index contributed by atoms with van der Waals surface area (Å²) in [4.78, 5) is 2.32. The maximum atomic E-state index is 10.3. The van der Waals surface area contributed by atoms with E-state index in [1.807, 2.05) is 24.3 Å². The van der Waals surface area contributed by atoms with Crippen LogP contribution in [0.25, 0.3) is 0 Å². The highest BCUT2D eigenvalue weighted by Gasteiger charge is 2.11. The molecule has 0 bridgehead atoms. The number of nitrogens with zero attached hydrogens (tertiary/aromatic N) is 1. The van der Waals surface area contributed by atoms with Gasteiger partial charge in [0.15, 0.2) is 0 Å². The van der Waals surface area contributed by atoms with E-state index in [1.54, 1.807) is 0 Å². The van der Waals surface area contributed by atoms with Gasteiger partial charge in [0, 0.05) is 23.2 Å². The summed E-state index contributed by atoms with van der Waals surface area (Å²) >= 11 is 3.42. The third-order valence-corrected chi connectivity index (χ3v) is 4.29. The molecule has 112 valence electrons. The number of para-hydroxylation sites is 1. The Bertz CT molecular complexity index is 568. The molecule has 0 aromatic heterocycles. The zero-order valence-electron chi connectivity index (χ0n) is 12.6. The lowest BCUT2D eigenvalue weighted by molar-refractivity contribution is 0.169.